The highest BCUT2D eigenvalue weighted by atomic mass is 32.2. The van der Waals surface area contributed by atoms with Crippen molar-refractivity contribution in [2.75, 3.05) is 0 Å². The maximum absolute atomic E-state index is 12.3. The average molecular weight is 317 g/mol. The summed E-state index contributed by atoms with van der Waals surface area (Å²) in [5.41, 5.74) is 1.09. The first-order valence-electron chi connectivity index (χ1n) is 8.76. The molecule has 1 aliphatic rings. The minimum atomic E-state index is 0.344. The van der Waals surface area contributed by atoms with Gasteiger partial charge in [-0.2, -0.15) is 0 Å². The Balaban J connectivity index is 1.97. The molecule has 0 amide bonds. The van der Waals surface area contributed by atoms with E-state index in [1.54, 1.807) is 0 Å². The monoisotopic (exact) mass is 316 g/mol. The number of allylic oxidation sites excluding steroid dienone is 1. The normalized spacial score (nSPS) is 16.4. The highest BCUT2D eigenvalue weighted by molar-refractivity contribution is 8.00. The van der Waals surface area contributed by atoms with E-state index in [9.17, 15) is 4.79 Å². The van der Waals surface area contributed by atoms with Gasteiger partial charge in [0, 0.05) is 22.1 Å². The van der Waals surface area contributed by atoms with Crippen molar-refractivity contribution in [2.45, 2.75) is 74.9 Å². The minimum Gasteiger partial charge on any atom is -0.295 e. The Morgan fingerprint density at radius 3 is 2.59 bits per heavy atom. The Morgan fingerprint density at radius 1 is 1.09 bits per heavy atom. The van der Waals surface area contributed by atoms with Gasteiger partial charge in [-0.15, -0.1) is 11.8 Å². The van der Waals surface area contributed by atoms with Crippen LogP contribution in [0.4, 0.5) is 0 Å². The summed E-state index contributed by atoms with van der Waals surface area (Å²) >= 11 is 1.87. The highest BCUT2D eigenvalue weighted by Gasteiger charge is 2.23. The topological polar surface area (TPSA) is 17.1 Å². The van der Waals surface area contributed by atoms with Crippen LogP contribution in [0.2, 0.25) is 0 Å². The summed E-state index contributed by atoms with van der Waals surface area (Å²) in [6.45, 7) is 2.25. The Kier molecular flexibility index (Phi) is 7.79. The molecule has 2 heteroatoms. The van der Waals surface area contributed by atoms with Gasteiger partial charge >= 0.3 is 0 Å². The molecule has 2 rings (SSSR count). The predicted molar refractivity (Wildman–Crippen MR) is 96.4 cm³/mol. The first-order valence-corrected chi connectivity index (χ1v) is 9.64. The van der Waals surface area contributed by atoms with Gasteiger partial charge in [-0.1, -0.05) is 63.3 Å². The number of ketones is 1. The number of unbranched alkanes of at least 4 members (excludes halogenated alkanes) is 4. The third kappa shape index (κ3) is 5.64. The summed E-state index contributed by atoms with van der Waals surface area (Å²) < 4.78 is 0. The zero-order valence-electron chi connectivity index (χ0n) is 13.7. The first kappa shape index (κ1) is 17.3. The molecule has 1 aliphatic carbocycles. The molecule has 0 saturated heterocycles. The lowest BCUT2D eigenvalue weighted by molar-refractivity contribution is -0.116. The largest absolute Gasteiger partial charge is 0.295 e. The molecule has 0 radical (unpaired) electrons. The quantitative estimate of drug-likeness (QED) is 0.399. The van der Waals surface area contributed by atoms with E-state index < -0.39 is 0 Å². The molecular formula is C20H28OS. The molecule has 1 aromatic rings. The second kappa shape index (κ2) is 9.89. The van der Waals surface area contributed by atoms with E-state index in [1.165, 1.54) is 37.0 Å². The molecule has 0 saturated carbocycles. The van der Waals surface area contributed by atoms with Crippen molar-refractivity contribution in [3.63, 3.8) is 0 Å². The third-order valence-corrected chi connectivity index (χ3v) is 5.55. The molecule has 1 nitrogen and oxygen atoms in total. The van der Waals surface area contributed by atoms with E-state index in [4.69, 9.17) is 0 Å². The van der Waals surface area contributed by atoms with Gasteiger partial charge in [-0.25, -0.2) is 0 Å². The number of rotatable bonds is 9. The summed E-state index contributed by atoms with van der Waals surface area (Å²) in [6.07, 6.45) is 12.6. The maximum Gasteiger partial charge on any atom is 0.159 e. The van der Waals surface area contributed by atoms with Crippen molar-refractivity contribution in [3.05, 3.63) is 42.0 Å². The Bertz CT molecular complexity index is 478. The van der Waals surface area contributed by atoms with Gasteiger partial charge < -0.3 is 0 Å². The fourth-order valence-corrected chi connectivity index (χ4v) is 4.25. The van der Waals surface area contributed by atoms with Crippen LogP contribution < -0.4 is 0 Å². The second-order valence-corrected chi connectivity index (χ2v) is 7.37. The SMILES string of the molecule is CCCCCCCC(Sc1ccccc1)C1=CCCCC1=O. The van der Waals surface area contributed by atoms with Crippen molar-refractivity contribution in [2.24, 2.45) is 0 Å². The lowest BCUT2D eigenvalue weighted by atomic mass is 9.93. The van der Waals surface area contributed by atoms with E-state index in [0.29, 0.717) is 11.0 Å². The molecule has 120 valence electrons. The number of carbonyl (C=O) groups is 1. The number of thioether (sulfide) groups is 1. The van der Waals surface area contributed by atoms with Gasteiger partial charge in [0.2, 0.25) is 0 Å². The van der Waals surface area contributed by atoms with Crippen molar-refractivity contribution < 1.29 is 4.79 Å². The fourth-order valence-electron chi connectivity index (χ4n) is 2.96. The van der Waals surface area contributed by atoms with Crippen LogP contribution >= 0.6 is 11.8 Å². The van der Waals surface area contributed by atoms with E-state index in [0.717, 1.165) is 31.3 Å². The van der Waals surface area contributed by atoms with Crippen molar-refractivity contribution in [3.8, 4) is 0 Å². The average Bonchev–Trinajstić information content (AvgIpc) is 2.55. The fraction of sp³-hybridized carbons (Fsp3) is 0.550. The van der Waals surface area contributed by atoms with Crippen LogP contribution in [0.3, 0.4) is 0 Å². The number of hydrogen-bond acceptors (Lipinski definition) is 2. The number of hydrogen-bond donors (Lipinski definition) is 0. The van der Waals surface area contributed by atoms with Gasteiger partial charge in [-0.3, -0.25) is 4.79 Å². The molecular weight excluding hydrogens is 288 g/mol. The van der Waals surface area contributed by atoms with Crippen LogP contribution in [0.1, 0.15) is 64.7 Å². The van der Waals surface area contributed by atoms with E-state index >= 15 is 0 Å². The van der Waals surface area contributed by atoms with E-state index in [1.807, 2.05) is 11.8 Å². The number of benzene rings is 1. The minimum absolute atomic E-state index is 0.344. The number of Topliss-reactive ketones (excluding diaryl/α,β-unsaturated/α-hetero) is 1. The van der Waals surface area contributed by atoms with Gasteiger partial charge in [0.1, 0.15) is 0 Å². The molecule has 1 unspecified atom stereocenters. The van der Waals surface area contributed by atoms with Crippen LogP contribution in [-0.2, 0) is 4.79 Å². The van der Waals surface area contributed by atoms with Crippen LogP contribution in [0.25, 0.3) is 0 Å². The Hall–Kier alpha value is -1.02. The Morgan fingerprint density at radius 2 is 1.86 bits per heavy atom. The van der Waals surface area contributed by atoms with Gasteiger partial charge in [0.15, 0.2) is 5.78 Å². The molecule has 1 aromatic carbocycles. The van der Waals surface area contributed by atoms with Gasteiger partial charge in [-0.05, 0) is 31.4 Å². The third-order valence-electron chi connectivity index (χ3n) is 4.23. The molecule has 0 aliphatic heterocycles. The molecule has 0 fully saturated rings. The zero-order chi connectivity index (χ0) is 15.6. The van der Waals surface area contributed by atoms with Crippen LogP contribution in [0.15, 0.2) is 46.9 Å². The summed E-state index contributed by atoms with van der Waals surface area (Å²) in [4.78, 5) is 13.6. The van der Waals surface area contributed by atoms with E-state index in [-0.39, 0.29) is 0 Å². The van der Waals surface area contributed by atoms with Crippen LogP contribution in [-0.4, -0.2) is 11.0 Å². The van der Waals surface area contributed by atoms with Crippen molar-refractivity contribution in [1.82, 2.24) is 0 Å². The maximum atomic E-state index is 12.3. The summed E-state index contributed by atoms with van der Waals surface area (Å²) in [7, 11) is 0. The molecule has 0 spiro atoms. The second-order valence-electron chi connectivity index (χ2n) is 6.10. The summed E-state index contributed by atoms with van der Waals surface area (Å²) in [5.74, 6) is 0.383. The molecule has 22 heavy (non-hydrogen) atoms. The van der Waals surface area contributed by atoms with E-state index in [2.05, 4.69) is 43.3 Å². The molecule has 0 bridgehead atoms. The predicted octanol–water partition coefficient (Wildman–Crippen LogP) is 6.19. The molecule has 1 atom stereocenters. The van der Waals surface area contributed by atoms with Gasteiger partial charge in [0.25, 0.3) is 0 Å². The highest BCUT2D eigenvalue weighted by Crippen LogP contribution is 2.34. The zero-order valence-corrected chi connectivity index (χ0v) is 14.5. The van der Waals surface area contributed by atoms with Crippen molar-refractivity contribution in [1.29, 1.82) is 0 Å². The van der Waals surface area contributed by atoms with Crippen LogP contribution in [0, 0.1) is 0 Å². The standard InChI is InChI=1S/C20H28OS/c1-2-3-4-5-9-16-20(18-14-10-11-15-19(18)21)22-17-12-7-6-8-13-17/h6-8,12-14,20H,2-5,9-11,15-16H2,1H3. The summed E-state index contributed by atoms with van der Waals surface area (Å²) in [5, 5.41) is 0.344. The lowest BCUT2D eigenvalue weighted by Gasteiger charge is -2.22. The molecule has 0 aromatic heterocycles. The van der Waals surface area contributed by atoms with Crippen LogP contribution in [0.5, 0.6) is 0 Å². The molecule has 0 N–H and O–H groups in total. The lowest BCUT2D eigenvalue weighted by Crippen LogP contribution is -2.18. The van der Waals surface area contributed by atoms with Crippen molar-refractivity contribution >= 4 is 17.5 Å². The summed E-state index contributed by atoms with van der Waals surface area (Å²) in [6, 6.07) is 10.5. The van der Waals surface area contributed by atoms with Gasteiger partial charge in [0.05, 0.1) is 0 Å². The molecule has 0 heterocycles. The number of carbonyl (C=O) groups excluding carboxylic acids is 1. The Labute approximate surface area is 139 Å². The first-order chi connectivity index (χ1) is 10.8. The smallest absolute Gasteiger partial charge is 0.159 e.